The number of aliphatic imine (C=N–C) groups is 1. The van der Waals surface area contributed by atoms with Crippen LogP contribution in [0.4, 0.5) is 0 Å². The fraction of sp³-hybridized carbons (Fsp3) is 0.700. The number of pyridine rings is 1. The van der Waals surface area contributed by atoms with E-state index < -0.39 is 0 Å². The number of ether oxygens (including phenoxy) is 2. The summed E-state index contributed by atoms with van der Waals surface area (Å²) in [6, 6.07) is 3.87. The Morgan fingerprint density at radius 3 is 2.59 bits per heavy atom. The molecule has 1 fully saturated rings. The van der Waals surface area contributed by atoms with Crippen LogP contribution in [0.5, 0.6) is 5.88 Å². The summed E-state index contributed by atoms with van der Waals surface area (Å²) in [5.74, 6) is 1.49. The van der Waals surface area contributed by atoms with Crippen LogP contribution in [0.3, 0.4) is 0 Å². The summed E-state index contributed by atoms with van der Waals surface area (Å²) in [5.41, 5.74) is 1.41. The minimum absolute atomic E-state index is 0. The summed E-state index contributed by atoms with van der Waals surface area (Å²) in [6.07, 6.45) is 8.11. The van der Waals surface area contributed by atoms with Crippen LogP contribution in [0.25, 0.3) is 0 Å². The summed E-state index contributed by atoms with van der Waals surface area (Å²) in [4.78, 5) is 8.95. The molecule has 0 bridgehead atoms. The lowest BCUT2D eigenvalue weighted by atomic mass is 9.83. The van der Waals surface area contributed by atoms with Crippen LogP contribution in [-0.2, 0) is 11.3 Å². The minimum Gasteiger partial charge on any atom is -0.481 e. The number of hydrogen-bond donors (Lipinski definition) is 2. The van der Waals surface area contributed by atoms with Crippen molar-refractivity contribution in [2.24, 2.45) is 10.4 Å². The van der Waals surface area contributed by atoms with Gasteiger partial charge in [-0.25, -0.2) is 9.98 Å². The first-order chi connectivity index (χ1) is 12.7. The van der Waals surface area contributed by atoms with Gasteiger partial charge in [0.05, 0.1) is 13.7 Å². The molecule has 1 aromatic heterocycles. The van der Waals surface area contributed by atoms with E-state index in [-0.39, 0.29) is 24.0 Å². The highest BCUT2D eigenvalue weighted by Crippen LogP contribution is 2.40. The molecule has 1 aromatic rings. The topological polar surface area (TPSA) is 67.8 Å². The van der Waals surface area contributed by atoms with Crippen molar-refractivity contribution < 1.29 is 9.47 Å². The van der Waals surface area contributed by atoms with E-state index in [9.17, 15) is 0 Å². The number of nitrogens with zero attached hydrogens (tertiary/aromatic N) is 2. The van der Waals surface area contributed by atoms with Crippen molar-refractivity contribution in [2.75, 3.05) is 33.4 Å². The van der Waals surface area contributed by atoms with Crippen molar-refractivity contribution in [1.82, 2.24) is 15.6 Å². The Morgan fingerprint density at radius 2 is 2.00 bits per heavy atom. The smallest absolute Gasteiger partial charge is 0.212 e. The lowest BCUT2D eigenvalue weighted by Crippen LogP contribution is -2.43. The van der Waals surface area contributed by atoms with Gasteiger partial charge in [0.15, 0.2) is 5.96 Å². The molecule has 0 spiro atoms. The van der Waals surface area contributed by atoms with Gasteiger partial charge in [0, 0.05) is 38.6 Å². The summed E-state index contributed by atoms with van der Waals surface area (Å²) in [7, 11) is 1.62. The normalized spacial score (nSPS) is 15.9. The van der Waals surface area contributed by atoms with E-state index in [1.54, 1.807) is 7.11 Å². The van der Waals surface area contributed by atoms with Gasteiger partial charge >= 0.3 is 0 Å². The predicted molar refractivity (Wildman–Crippen MR) is 121 cm³/mol. The van der Waals surface area contributed by atoms with Gasteiger partial charge in [-0.15, -0.1) is 24.0 Å². The van der Waals surface area contributed by atoms with E-state index in [4.69, 9.17) is 14.5 Å². The van der Waals surface area contributed by atoms with Crippen LogP contribution < -0.4 is 15.4 Å². The molecule has 1 aliphatic carbocycles. The second-order valence-corrected chi connectivity index (χ2v) is 6.91. The predicted octanol–water partition coefficient (Wildman–Crippen LogP) is 3.75. The maximum absolute atomic E-state index is 5.61. The highest BCUT2D eigenvalue weighted by molar-refractivity contribution is 14.0. The van der Waals surface area contributed by atoms with Crippen molar-refractivity contribution in [1.29, 1.82) is 0 Å². The Labute approximate surface area is 180 Å². The molecule has 27 heavy (non-hydrogen) atoms. The molecule has 0 amide bonds. The third-order valence-corrected chi connectivity index (χ3v) is 5.05. The van der Waals surface area contributed by atoms with Gasteiger partial charge in [-0.05, 0) is 44.1 Å². The molecule has 7 heteroatoms. The molecule has 1 saturated carbocycles. The highest BCUT2D eigenvalue weighted by atomic mass is 127. The standard InChI is InChI=1S/C20H34N4O2.HI/c1-4-21-19(23-15-17-8-9-18(25-3)22-14-17)24-16-20(10-6-7-11-20)12-13-26-5-2;/h8-9,14H,4-7,10-13,15-16H2,1-3H3,(H2,21,23,24);1H. The molecule has 1 heterocycles. The molecule has 2 rings (SSSR count). The Hall–Kier alpha value is -1.09. The maximum atomic E-state index is 5.61. The monoisotopic (exact) mass is 490 g/mol. The summed E-state index contributed by atoms with van der Waals surface area (Å²) in [6.45, 7) is 8.19. The second kappa shape index (κ2) is 13.1. The van der Waals surface area contributed by atoms with Crippen molar-refractivity contribution in [3.05, 3.63) is 23.9 Å². The Morgan fingerprint density at radius 1 is 1.22 bits per heavy atom. The molecular formula is C20H35IN4O2. The SMILES string of the molecule is CCNC(=NCc1ccc(OC)nc1)NCC1(CCOCC)CCCC1.I. The zero-order chi connectivity index (χ0) is 18.7. The van der Waals surface area contributed by atoms with Gasteiger partial charge in [0.2, 0.25) is 5.88 Å². The highest BCUT2D eigenvalue weighted by Gasteiger charge is 2.33. The fourth-order valence-corrected chi connectivity index (χ4v) is 3.48. The van der Waals surface area contributed by atoms with Gasteiger partial charge < -0.3 is 20.1 Å². The van der Waals surface area contributed by atoms with E-state index in [0.717, 1.165) is 44.2 Å². The largest absolute Gasteiger partial charge is 0.481 e. The molecule has 0 aliphatic heterocycles. The number of aromatic nitrogens is 1. The average Bonchev–Trinajstić information content (AvgIpc) is 3.14. The lowest BCUT2D eigenvalue weighted by Gasteiger charge is -2.30. The molecule has 1 aliphatic rings. The lowest BCUT2D eigenvalue weighted by molar-refractivity contribution is 0.105. The van der Waals surface area contributed by atoms with E-state index in [0.29, 0.717) is 17.8 Å². The molecule has 0 unspecified atom stereocenters. The zero-order valence-corrected chi connectivity index (χ0v) is 19.3. The van der Waals surface area contributed by atoms with Crippen molar-refractivity contribution >= 4 is 29.9 Å². The van der Waals surface area contributed by atoms with E-state index >= 15 is 0 Å². The van der Waals surface area contributed by atoms with Crippen LogP contribution >= 0.6 is 24.0 Å². The van der Waals surface area contributed by atoms with Crippen LogP contribution in [0, 0.1) is 5.41 Å². The van der Waals surface area contributed by atoms with Crippen LogP contribution in [0.2, 0.25) is 0 Å². The molecule has 0 saturated heterocycles. The third kappa shape index (κ3) is 8.21. The summed E-state index contributed by atoms with van der Waals surface area (Å²) in [5, 5.41) is 6.91. The summed E-state index contributed by atoms with van der Waals surface area (Å²) >= 11 is 0. The van der Waals surface area contributed by atoms with E-state index in [1.165, 1.54) is 25.7 Å². The van der Waals surface area contributed by atoms with Gasteiger partial charge in [-0.2, -0.15) is 0 Å². The number of nitrogens with one attached hydrogen (secondary N) is 2. The second-order valence-electron chi connectivity index (χ2n) is 6.91. The number of halogens is 1. The van der Waals surface area contributed by atoms with E-state index in [2.05, 4.69) is 29.5 Å². The maximum Gasteiger partial charge on any atom is 0.212 e. The molecular weight excluding hydrogens is 455 g/mol. The molecule has 154 valence electrons. The molecule has 0 atom stereocenters. The Bertz CT molecular complexity index is 545. The first-order valence-corrected chi connectivity index (χ1v) is 9.80. The van der Waals surface area contributed by atoms with Gasteiger partial charge in [-0.3, -0.25) is 0 Å². The molecule has 2 N–H and O–H groups in total. The number of guanidine groups is 1. The first kappa shape index (κ1) is 23.9. The van der Waals surface area contributed by atoms with Crippen LogP contribution in [0.1, 0.15) is 51.5 Å². The van der Waals surface area contributed by atoms with Crippen molar-refractivity contribution in [3.63, 3.8) is 0 Å². The fourth-order valence-electron chi connectivity index (χ4n) is 3.48. The summed E-state index contributed by atoms with van der Waals surface area (Å²) < 4.78 is 10.7. The number of hydrogen-bond acceptors (Lipinski definition) is 4. The Kier molecular flexibility index (Phi) is 11.7. The molecule has 0 aromatic carbocycles. The third-order valence-electron chi connectivity index (χ3n) is 5.05. The van der Waals surface area contributed by atoms with Gasteiger partial charge in [0.1, 0.15) is 0 Å². The molecule has 6 nitrogen and oxygen atoms in total. The average molecular weight is 490 g/mol. The van der Waals surface area contributed by atoms with Crippen molar-refractivity contribution in [2.45, 2.75) is 52.5 Å². The number of methoxy groups -OCH3 is 1. The zero-order valence-electron chi connectivity index (χ0n) is 16.9. The van der Waals surface area contributed by atoms with Crippen LogP contribution in [0.15, 0.2) is 23.3 Å². The quantitative estimate of drug-likeness (QED) is 0.226. The first-order valence-electron chi connectivity index (χ1n) is 9.80. The van der Waals surface area contributed by atoms with Gasteiger partial charge in [0.25, 0.3) is 0 Å². The van der Waals surface area contributed by atoms with Gasteiger partial charge in [-0.1, -0.05) is 18.9 Å². The molecule has 0 radical (unpaired) electrons. The number of rotatable bonds is 10. The van der Waals surface area contributed by atoms with E-state index in [1.807, 2.05) is 18.3 Å². The van der Waals surface area contributed by atoms with Crippen molar-refractivity contribution in [3.8, 4) is 5.88 Å². The minimum atomic E-state index is 0. The van der Waals surface area contributed by atoms with Crippen LogP contribution in [-0.4, -0.2) is 44.4 Å². The Balaban J connectivity index is 0.00000364.